The minimum absolute atomic E-state index is 0. The molecule has 8 heteroatoms. The molecule has 0 aromatic carbocycles. The van der Waals surface area contributed by atoms with Crippen molar-refractivity contribution in [3.63, 3.8) is 0 Å². The molecule has 6 nitrogen and oxygen atoms in total. The molecule has 80 valence electrons. The van der Waals surface area contributed by atoms with Crippen LogP contribution in [0.15, 0.2) is 0 Å². The largest absolute Gasteiger partial charge is 1.00 e. The molecule has 0 saturated heterocycles. The Morgan fingerprint density at radius 2 is 1.64 bits per heavy atom. The second kappa shape index (κ2) is 7.13. The zero-order valence-corrected chi connectivity index (χ0v) is 11.4. The second-order valence-corrected chi connectivity index (χ2v) is 4.29. The van der Waals surface area contributed by atoms with Gasteiger partial charge in [0.15, 0.2) is 0 Å². The van der Waals surface area contributed by atoms with Crippen LogP contribution in [0.2, 0.25) is 0 Å². The molecular weight excluding hydrogens is 221 g/mol. The van der Waals surface area contributed by atoms with Crippen LogP contribution in [0, 0.1) is 0 Å². The van der Waals surface area contributed by atoms with Crippen LogP contribution in [-0.4, -0.2) is 52.8 Å². The fraction of sp³-hybridized carbons (Fsp3) is 1.00. The van der Waals surface area contributed by atoms with Gasteiger partial charge in [-0.15, -0.1) is 0 Å². The van der Waals surface area contributed by atoms with Crippen LogP contribution >= 0.6 is 0 Å². The normalized spacial score (nSPS) is 16.1. The predicted octanol–water partition coefficient (Wildman–Crippen LogP) is -4.49. The first-order valence-corrected chi connectivity index (χ1v) is 5.37. The Labute approximate surface area is 106 Å². The molecule has 2 unspecified atom stereocenters. The van der Waals surface area contributed by atoms with E-state index in [1.807, 2.05) is 0 Å². The summed E-state index contributed by atoms with van der Waals surface area (Å²) in [5, 5.41) is 18.1. The van der Waals surface area contributed by atoms with Crippen LogP contribution in [0.5, 0.6) is 0 Å². The average Bonchev–Trinajstić information content (AvgIpc) is 1.82. The van der Waals surface area contributed by atoms with E-state index in [0.29, 0.717) is 0 Å². The zero-order valence-electron chi connectivity index (χ0n) is 8.54. The van der Waals surface area contributed by atoms with E-state index >= 15 is 0 Å². The Balaban J connectivity index is 0. The summed E-state index contributed by atoms with van der Waals surface area (Å²) in [6.45, 7) is 2.58. The fourth-order valence-corrected chi connectivity index (χ4v) is 1.34. The van der Waals surface area contributed by atoms with Gasteiger partial charge in [0.25, 0.3) is 0 Å². The molecule has 0 aromatic heterocycles. The van der Waals surface area contributed by atoms with Crippen molar-refractivity contribution in [2.24, 2.45) is 0 Å². The Morgan fingerprint density at radius 3 is 1.86 bits per heavy atom. The number of nitrogens with zero attached hydrogens (tertiary/aromatic N) is 1. The van der Waals surface area contributed by atoms with Crippen molar-refractivity contribution in [3.8, 4) is 0 Å². The van der Waals surface area contributed by atoms with E-state index in [1.54, 1.807) is 0 Å². The van der Waals surface area contributed by atoms with E-state index in [4.69, 9.17) is 10.2 Å². The van der Waals surface area contributed by atoms with Crippen LogP contribution in [-0.2, 0) is 10.1 Å². The summed E-state index contributed by atoms with van der Waals surface area (Å²) in [5.41, 5.74) is 0. The number of hydrogen-bond acceptors (Lipinski definition) is 6. The van der Waals surface area contributed by atoms with Gasteiger partial charge in [-0.1, -0.05) is 0 Å². The Bertz CT molecular complexity index is 233. The van der Waals surface area contributed by atoms with Gasteiger partial charge in [-0.05, 0) is 13.8 Å². The van der Waals surface area contributed by atoms with Crippen molar-refractivity contribution >= 4 is 10.1 Å². The zero-order chi connectivity index (χ0) is 10.6. The van der Waals surface area contributed by atoms with Gasteiger partial charge in [0.05, 0.1) is 15.9 Å². The standard InChI is InChI=1S/C6H15NO5S.Na/c1-5(8)7(6(2)9)3-4-13(10,11)12;/h5-6,8-9H,3-4H2,1-2H3,(H,10,11,12);/q;+1/p-1. The monoisotopic (exact) mass is 235 g/mol. The summed E-state index contributed by atoms with van der Waals surface area (Å²) in [6.07, 6.45) is -1.97. The van der Waals surface area contributed by atoms with Crippen molar-refractivity contribution in [1.82, 2.24) is 4.90 Å². The summed E-state index contributed by atoms with van der Waals surface area (Å²) in [4.78, 5) is 1.09. The molecule has 2 atom stereocenters. The molecule has 0 saturated carbocycles. The number of aliphatic hydroxyl groups is 2. The van der Waals surface area contributed by atoms with Gasteiger partial charge in [0.2, 0.25) is 0 Å². The summed E-state index contributed by atoms with van der Waals surface area (Å²) in [5.74, 6) is -0.622. The van der Waals surface area contributed by atoms with Crippen LogP contribution in [0.4, 0.5) is 0 Å². The third kappa shape index (κ3) is 8.13. The second-order valence-electron chi connectivity index (χ2n) is 2.76. The van der Waals surface area contributed by atoms with Crippen LogP contribution < -0.4 is 29.6 Å². The minimum atomic E-state index is -4.30. The Hall–Kier alpha value is 0.790. The third-order valence-electron chi connectivity index (χ3n) is 1.56. The molecule has 0 radical (unpaired) electrons. The minimum Gasteiger partial charge on any atom is -0.748 e. The van der Waals surface area contributed by atoms with Gasteiger partial charge in [-0.25, -0.2) is 8.42 Å². The fourth-order valence-electron chi connectivity index (χ4n) is 0.903. The molecule has 0 aliphatic rings. The van der Waals surface area contributed by atoms with Gasteiger partial charge in [0.1, 0.15) is 12.5 Å². The number of hydrogen-bond donors (Lipinski definition) is 2. The van der Waals surface area contributed by atoms with Gasteiger partial charge in [0, 0.05) is 6.54 Å². The van der Waals surface area contributed by atoms with Gasteiger partial charge in [-0.3, -0.25) is 4.90 Å². The molecular formula is C6H14NNaO5S. The molecule has 14 heavy (non-hydrogen) atoms. The molecule has 0 aromatic rings. The van der Waals surface area contributed by atoms with Crippen molar-refractivity contribution in [3.05, 3.63) is 0 Å². The van der Waals surface area contributed by atoms with Crippen molar-refractivity contribution in [2.75, 3.05) is 12.3 Å². The topological polar surface area (TPSA) is 101 Å². The maximum absolute atomic E-state index is 10.2. The van der Waals surface area contributed by atoms with E-state index in [1.165, 1.54) is 13.8 Å². The van der Waals surface area contributed by atoms with Crippen molar-refractivity contribution in [1.29, 1.82) is 0 Å². The maximum Gasteiger partial charge on any atom is 1.00 e. The van der Waals surface area contributed by atoms with Gasteiger partial charge in [-0.2, -0.15) is 0 Å². The van der Waals surface area contributed by atoms with E-state index in [9.17, 15) is 13.0 Å². The van der Waals surface area contributed by atoms with E-state index < -0.39 is 28.3 Å². The maximum atomic E-state index is 10.2. The first-order chi connectivity index (χ1) is 5.74. The van der Waals surface area contributed by atoms with Crippen LogP contribution in [0.25, 0.3) is 0 Å². The molecule has 0 bridgehead atoms. The molecule has 0 aliphatic heterocycles. The summed E-state index contributed by atoms with van der Waals surface area (Å²) in [7, 11) is -4.30. The molecule has 0 heterocycles. The first kappa shape index (κ1) is 17.2. The van der Waals surface area contributed by atoms with E-state index in [0.717, 1.165) is 4.90 Å². The van der Waals surface area contributed by atoms with Gasteiger partial charge >= 0.3 is 29.6 Å². The Morgan fingerprint density at radius 1 is 1.29 bits per heavy atom. The molecule has 0 amide bonds. The molecule has 2 N–H and O–H groups in total. The van der Waals surface area contributed by atoms with Gasteiger partial charge < -0.3 is 14.8 Å². The van der Waals surface area contributed by atoms with Crippen LogP contribution in [0.1, 0.15) is 13.8 Å². The van der Waals surface area contributed by atoms with E-state index in [2.05, 4.69) is 0 Å². The molecule has 0 rings (SSSR count). The SMILES string of the molecule is CC(O)N(CCS(=O)(=O)[O-])C(C)O.[Na+]. The summed E-state index contributed by atoms with van der Waals surface area (Å²) < 4.78 is 30.7. The first-order valence-electron chi connectivity index (χ1n) is 3.79. The molecule has 0 spiro atoms. The third-order valence-corrected chi connectivity index (χ3v) is 2.24. The molecule has 0 aliphatic carbocycles. The van der Waals surface area contributed by atoms with E-state index in [-0.39, 0.29) is 36.1 Å². The average molecular weight is 235 g/mol. The summed E-state index contributed by atoms with van der Waals surface area (Å²) >= 11 is 0. The smallest absolute Gasteiger partial charge is 0.748 e. The quantitative estimate of drug-likeness (QED) is 0.283. The molecule has 0 fully saturated rings. The summed E-state index contributed by atoms with van der Waals surface area (Å²) in [6, 6.07) is 0. The predicted molar refractivity (Wildman–Crippen MR) is 44.6 cm³/mol. The number of aliphatic hydroxyl groups excluding tert-OH is 2. The Kier molecular flexibility index (Phi) is 8.75. The number of rotatable bonds is 5. The van der Waals surface area contributed by atoms with Crippen molar-refractivity contribution in [2.45, 2.75) is 26.3 Å². The van der Waals surface area contributed by atoms with Crippen molar-refractivity contribution < 1.29 is 52.7 Å². The van der Waals surface area contributed by atoms with Crippen LogP contribution in [0.3, 0.4) is 0 Å².